The molecule has 2 aromatic carbocycles. The van der Waals surface area contributed by atoms with Gasteiger partial charge in [0.1, 0.15) is 0 Å². The molecule has 3 aromatic rings. The highest BCUT2D eigenvalue weighted by molar-refractivity contribution is 6.30. The van der Waals surface area contributed by atoms with Gasteiger partial charge in [0.05, 0.1) is 5.92 Å². The summed E-state index contributed by atoms with van der Waals surface area (Å²) in [5, 5.41) is 7.56. The summed E-state index contributed by atoms with van der Waals surface area (Å²) in [6, 6.07) is 14.3. The molecule has 0 radical (unpaired) electrons. The molecule has 7 nitrogen and oxygen atoms in total. The molecule has 0 unspecified atom stereocenters. The maximum Gasteiger partial charge on any atom is 0.253 e. The van der Waals surface area contributed by atoms with E-state index in [1.165, 1.54) is 0 Å². The minimum Gasteiger partial charge on any atom is -0.339 e. The molecule has 0 aliphatic carbocycles. The van der Waals surface area contributed by atoms with Crippen molar-refractivity contribution in [2.45, 2.75) is 32.1 Å². The molecule has 4 rings (SSSR count). The maximum atomic E-state index is 12.8. The van der Waals surface area contributed by atoms with E-state index in [4.69, 9.17) is 16.1 Å². The first-order valence-electron chi connectivity index (χ1n) is 10.3. The molecule has 2 amide bonds. The van der Waals surface area contributed by atoms with E-state index in [1.54, 1.807) is 31.2 Å². The van der Waals surface area contributed by atoms with Gasteiger partial charge in [-0.05, 0) is 49.2 Å². The van der Waals surface area contributed by atoms with E-state index in [-0.39, 0.29) is 17.7 Å². The van der Waals surface area contributed by atoms with Crippen molar-refractivity contribution in [1.29, 1.82) is 0 Å². The molecule has 0 bridgehead atoms. The quantitative estimate of drug-likeness (QED) is 0.620. The summed E-state index contributed by atoms with van der Waals surface area (Å²) >= 11 is 5.93. The molecular weight excluding hydrogens is 416 g/mol. The fourth-order valence-corrected chi connectivity index (χ4v) is 3.77. The SMILES string of the molecule is CCC(=O)Nc1cccc(-c2noc([C@@H]3CCCN(C(=O)c4ccc(Cl)cc4)C3)n2)c1. The number of nitrogens with zero attached hydrogens (tertiary/aromatic N) is 3. The summed E-state index contributed by atoms with van der Waals surface area (Å²) < 4.78 is 5.55. The predicted octanol–water partition coefficient (Wildman–Crippen LogP) is 4.76. The monoisotopic (exact) mass is 438 g/mol. The fourth-order valence-electron chi connectivity index (χ4n) is 3.64. The van der Waals surface area contributed by atoms with Gasteiger partial charge in [0.15, 0.2) is 0 Å². The Kier molecular flexibility index (Phi) is 6.32. The molecule has 0 spiro atoms. The molecular formula is C23H23ClN4O3. The number of rotatable bonds is 5. The predicted molar refractivity (Wildman–Crippen MR) is 118 cm³/mol. The van der Waals surface area contributed by atoms with Gasteiger partial charge in [-0.25, -0.2) is 0 Å². The number of halogens is 1. The van der Waals surface area contributed by atoms with Crippen molar-refractivity contribution in [3.63, 3.8) is 0 Å². The Morgan fingerprint density at radius 1 is 1.23 bits per heavy atom. The number of nitrogens with one attached hydrogen (secondary N) is 1. The van der Waals surface area contributed by atoms with Crippen LogP contribution in [0, 0.1) is 0 Å². The van der Waals surface area contributed by atoms with E-state index in [0.717, 1.165) is 18.4 Å². The molecule has 1 N–H and O–H groups in total. The Labute approximate surface area is 185 Å². The molecule has 2 heterocycles. The van der Waals surface area contributed by atoms with Crippen LogP contribution in [0.4, 0.5) is 5.69 Å². The zero-order valence-electron chi connectivity index (χ0n) is 17.2. The average molecular weight is 439 g/mol. The molecule has 1 aromatic heterocycles. The minimum absolute atomic E-state index is 0.0192. The summed E-state index contributed by atoms with van der Waals surface area (Å²) in [5.74, 6) is 0.878. The lowest BCUT2D eigenvalue weighted by atomic mass is 9.97. The zero-order valence-corrected chi connectivity index (χ0v) is 17.9. The molecule has 1 atom stereocenters. The van der Waals surface area contributed by atoms with E-state index < -0.39 is 0 Å². The Bertz CT molecular complexity index is 1080. The van der Waals surface area contributed by atoms with Gasteiger partial charge in [-0.1, -0.05) is 35.8 Å². The molecule has 1 aliphatic heterocycles. The smallest absolute Gasteiger partial charge is 0.253 e. The van der Waals surface area contributed by atoms with Gasteiger partial charge in [-0.2, -0.15) is 4.98 Å². The van der Waals surface area contributed by atoms with Crippen LogP contribution in [0.1, 0.15) is 48.4 Å². The van der Waals surface area contributed by atoms with Crippen molar-refractivity contribution in [3.05, 3.63) is 65.0 Å². The number of piperidine rings is 1. The summed E-state index contributed by atoms with van der Waals surface area (Å²) in [7, 11) is 0. The molecule has 31 heavy (non-hydrogen) atoms. The molecule has 0 saturated carbocycles. The highest BCUT2D eigenvalue weighted by Gasteiger charge is 2.29. The summed E-state index contributed by atoms with van der Waals surface area (Å²) in [4.78, 5) is 30.9. The van der Waals surface area contributed by atoms with E-state index in [0.29, 0.717) is 47.5 Å². The second-order valence-corrected chi connectivity index (χ2v) is 7.97. The van der Waals surface area contributed by atoms with Gasteiger partial charge in [0, 0.05) is 41.3 Å². The molecule has 8 heteroatoms. The number of benzene rings is 2. The first-order chi connectivity index (χ1) is 15.0. The Hall–Kier alpha value is -3.19. The Balaban J connectivity index is 1.47. The number of carbonyl (C=O) groups excluding carboxylic acids is 2. The lowest BCUT2D eigenvalue weighted by Gasteiger charge is -2.31. The molecule has 1 fully saturated rings. The normalized spacial score (nSPS) is 16.2. The fraction of sp³-hybridized carbons (Fsp3) is 0.304. The van der Waals surface area contributed by atoms with Crippen LogP contribution in [0.15, 0.2) is 53.1 Å². The van der Waals surface area contributed by atoms with Crippen molar-refractivity contribution in [2.75, 3.05) is 18.4 Å². The summed E-state index contributed by atoms with van der Waals surface area (Å²) in [5.41, 5.74) is 2.06. The standard InChI is InChI=1S/C23H23ClN4O3/c1-2-20(29)25-19-7-3-5-16(13-19)21-26-22(31-27-21)17-6-4-12-28(14-17)23(30)15-8-10-18(24)11-9-15/h3,5,7-11,13,17H,2,4,6,12,14H2,1H3,(H,25,29)/t17-/m1/s1. The van der Waals surface area contributed by atoms with Crippen LogP contribution in [0.2, 0.25) is 5.02 Å². The van der Waals surface area contributed by atoms with E-state index in [2.05, 4.69) is 15.5 Å². The summed E-state index contributed by atoms with van der Waals surface area (Å²) in [6.07, 6.45) is 2.14. The van der Waals surface area contributed by atoms with Crippen LogP contribution in [0.3, 0.4) is 0 Å². The van der Waals surface area contributed by atoms with Crippen LogP contribution in [-0.4, -0.2) is 39.9 Å². The third-order valence-electron chi connectivity index (χ3n) is 5.32. The van der Waals surface area contributed by atoms with Crippen LogP contribution in [0.5, 0.6) is 0 Å². The lowest BCUT2D eigenvalue weighted by Crippen LogP contribution is -2.39. The number of hydrogen-bond acceptors (Lipinski definition) is 5. The number of hydrogen-bond donors (Lipinski definition) is 1. The average Bonchev–Trinajstić information content (AvgIpc) is 3.30. The van der Waals surface area contributed by atoms with Gasteiger partial charge >= 0.3 is 0 Å². The molecule has 160 valence electrons. The van der Waals surface area contributed by atoms with Gasteiger partial charge in [0.25, 0.3) is 5.91 Å². The number of likely N-dealkylation sites (tertiary alicyclic amines) is 1. The second kappa shape index (κ2) is 9.31. The summed E-state index contributed by atoms with van der Waals surface area (Å²) in [6.45, 7) is 3.02. The van der Waals surface area contributed by atoms with E-state index >= 15 is 0 Å². The van der Waals surface area contributed by atoms with Crippen molar-refractivity contribution in [3.8, 4) is 11.4 Å². The number of aromatic nitrogens is 2. The minimum atomic E-state index is -0.0568. The van der Waals surface area contributed by atoms with Crippen LogP contribution in [-0.2, 0) is 4.79 Å². The Morgan fingerprint density at radius 2 is 2.03 bits per heavy atom. The number of anilines is 1. The zero-order chi connectivity index (χ0) is 21.8. The number of carbonyl (C=O) groups is 2. The molecule has 1 aliphatic rings. The first kappa shape index (κ1) is 21.1. The van der Waals surface area contributed by atoms with E-state index in [9.17, 15) is 9.59 Å². The van der Waals surface area contributed by atoms with Gasteiger partial charge in [0.2, 0.25) is 17.6 Å². The number of amides is 2. The molecule has 1 saturated heterocycles. The van der Waals surface area contributed by atoms with Crippen LogP contribution < -0.4 is 5.32 Å². The maximum absolute atomic E-state index is 12.8. The first-order valence-corrected chi connectivity index (χ1v) is 10.7. The highest BCUT2D eigenvalue weighted by atomic mass is 35.5. The van der Waals surface area contributed by atoms with Crippen LogP contribution in [0.25, 0.3) is 11.4 Å². The van der Waals surface area contributed by atoms with Gasteiger partial charge < -0.3 is 14.7 Å². The van der Waals surface area contributed by atoms with Crippen molar-refractivity contribution < 1.29 is 14.1 Å². The second-order valence-electron chi connectivity index (χ2n) is 7.54. The van der Waals surface area contributed by atoms with Crippen molar-refractivity contribution in [1.82, 2.24) is 15.0 Å². The van der Waals surface area contributed by atoms with Crippen LogP contribution >= 0.6 is 11.6 Å². The third-order valence-corrected chi connectivity index (χ3v) is 5.57. The lowest BCUT2D eigenvalue weighted by molar-refractivity contribution is -0.115. The van der Waals surface area contributed by atoms with Gasteiger partial charge in [-0.3, -0.25) is 9.59 Å². The topological polar surface area (TPSA) is 88.3 Å². The van der Waals surface area contributed by atoms with Gasteiger partial charge in [-0.15, -0.1) is 0 Å². The highest BCUT2D eigenvalue weighted by Crippen LogP contribution is 2.29. The van der Waals surface area contributed by atoms with E-state index in [1.807, 2.05) is 29.2 Å². The van der Waals surface area contributed by atoms with Crippen molar-refractivity contribution >= 4 is 29.1 Å². The largest absolute Gasteiger partial charge is 0.339 e. The van der Waals surface area contributed by atoms with Crippen molar-refractivity contribution in [2.24, 2.45) is 0 Å². The third kappa shape index (κ3) is 4.94. The Morgan fingerprint density at radius 3 is 2.81 bits per heavy atom.